The van der Waals surface area contributed by atoms with Crippen LogP contribution in [0.25, 0.3) is 0 Å². The molecule has 0 bridgehead atoms. The van der Waals surface area contributed by atoms with Crippen molar-refractivity contribution >= 4 is 17.8 Å². The predicted octanol–water partition coefficient (Wildman–Crippen LogP) is 3.19. The first-order chi connectivity index (χ1) is 24.6. The summed E-state index contributed by atoms with van der Waals surface area (Å²) in [5.74, 6) is -1.40. The fraction of sp³-hybridized carbons (Fsp3) is 0.914. The number of ether oxygens (including phenoxy) is 10. The standard InChI is InChI=1S/C35H67NO14/c1-2-3-4-5-6-7-8-10-35(40)50-32-31-49-30-29-48-28-27-47-26-25-46-24-23-45-22-21-44-20-19-43-18-17-42-16-15-41-14-9-13-36-33(37)11-12-34(38)39/h2-32H2,1H3,(H,36,37)(H,38,39). The smallest absolute Gasteiger partial charge is 0.305 e. The number of hydrogen-bond donors (Lipinski definition) is 2. The summed E-state index contributed by atoms with van der Waals surface area (Å²) in [6.07, 6.45) is 9.22. The Morgan fingerprint density at radius 1 is 0.420 bits per heavy atom. The molecule has 15 heteroatoms. The number of nitrogens with one attached hydrogen (secondary N) is 1. The Balaban J connectivity index is 3.13. The second-order valence-electron chi connectivity index (χ2n) is 11.2. The number of carboxylic acids is 1. The van der Waals surface area contributed by atoms with Crippen molar-refractivity contribution in [2.24, 2.45) is 0 Å². The Morgan fingerprint density at radius 3 is 1.18 bits per heavy atom. The highest BCUT2D eigenvalue weighted by atomic mass is 16.6. The molecule has 0 fully saturated rings. The Morgan fingerprint density at radius 2 is 0.780 bits per heavy atom. The molecule has 1 amide bonds. The molecule has 0 saturated carbocycles. The number of carboxylic acid groups (broad SMARTS) is 1. The molecule has 0 aliphatic carbocycles. The highest BCUT2D eigenvalue weighted by Crippen LogP contribution is 2.08. The highest BCUT2D eigenvalue weighted by molar-refractivity contribution is 5.80. The van der Waals surface area contributed by atoms with E-state index in [1.165, 1.54) is 32.1 Å². The zero-order valence-electron chi connectivity index (χ0n) is 30.7. The van der Waals surface area contributed by atoms with Gasteiger partial charge in [-0.15, -0.1) is 0 Å². The van der Waals surface area contributed by atoms with E-state index in [1.54, 1.807) is 0 Å². The van der Waals surface area contributed by atoms with Crippen LogP contribution in [0.3, 0.4) is 0 Å². The molecule has 0 aromatic rings. The number of carbonyl (C=O) groups is 3. The van der Waals surface area contributed by atoms with E-state index in [0.29, 0.717) is 138 Å². The summed E-state index contributed by atoms with van der Waals surface area (Å²) in [5.41, 5.74) is 0. The molecule has 0 aromatic carbocycles. The molecule has 296 valence electrons. The van der Waals surface area contributed by atoms with E-state index in [4.69, 9.17) is 52.5 Å². The summed E-state index contributed by atoms with van der Waals surface area (Å²) in [7, 11) is 0. The van der Waals surface area contributed by atoms with Gasteiger partial charge in [0.05, 0.1) is 119 Å². The van der Waals surface area contributed by atoms with Gasteiger partial charge < -0.3 is 57.8 Å². The van der Waals surface area contributed by atoms with E-state index in [2.05, 4.69) is 12.2 Å². The van der Waals surface area contributed by atoms with Crippen molar-refractivity contribution in [3.8, 4) is 0 Å². The Labute approximate surface area is 299 Å². The highest BCUT2D eigenvalue weighted by Gasteiger charge is 2.05. The quantitative estimate of drug-likeness (QED) is 0.0693. The van der Waals surface area contributed by atoms with Gasteiger partial charge in [0.15, 0.2) is 0 Å². The molecule has 0 radical (unpaired) electrons. The molecule has 0 aromatic heterocycles. The van der Waals surface area contributed by atoms with Crippen molar-refractivity contribution in [3.05, 3.63) is 0 Å². The lowest BCUT2D eigenvalue weighted by Gasteiger charge is -2.09. The third-order valence-electron chi connectivity index (χ3n) is 6.80. The van der Waals surface area contributed by atoms with Crippen LogP contribution in [0.5, 0.6) is 0 Å². The second kappa shape index (κ2) is 41.5. The van der Waals surface area contributed by atoms with Gasteiger partial charge in [0.2, 0.25) is 5.91 Å². The van der Waals surface area contributed by atoms with Gasteiger partial charge in [-0.3, -0.25) is 14.4 Å². The number of aliphatic carboxylic acids is 1. The summed E-state index contributed by atoms with van der Waals surface area (Å²) in [6.45, 7) is 11.3. The van der Waals surface area contributed by atoms with E-state index in [0.717, 1.165) is 12.8 Å². The van der Waals surface area contributed by atoms with Crippen LogP contribution in [-0.4, -0.2) is 155 Å². The normalized spacial score (nSPS) is 11.2. The molecule has 0 atom stereocenters. The number of carbonyl (C=O) groups excluding carboxylic acids is 2. The number of hydrogen-bond acceptors (Lipinski definition) is 13. The van der Waals surface area contributed by atoms with Crippen molar-refractivity contribution < 1.29 is 66.9 Å². The van der Waals surface area contributed by atoms with Crippen molar-refractivity contribution in [2.75, 3.05) is 132 Å². The predicted molar refractivity (Wildman–Crippen MR) is 185 cm³/mol. The second-order valence-corrected chi connectivity index (χ2v) is 11.2. The molecular formula is C35H67NO14. The van der Waals surface area contributed by atoms with Gasteiger partial charge in [0.1, 0.15) is 6.61 Å². The molecule has 0 saturated heterocycles. The molecule has 0 spiro atoms. The average molecular weight is 726 g/mol. The molecule has 0 aliphatic heterocycles. The van der Waals surface area contributed by atoms with E-state index in [9.17, 15) is 14.4 Å². The van der Waals surface area contributed by atoms with Crippen LogP contribution in [0, 0.1) is 0 Å². The number of amides is 1. The van der Waals surface area contributed by atoms with Gasteiger partial charge in [0, 0.05) is 26.0 Å². The lowest BCUT2D eigenvalue weighted by molar-refractivity contribution is -0.145. The third kappa shape index (κ3) is 42.2. The lowest BCUT2D eigenvalue weighted by Crippen LogP contribution is -2.25. The van der Waals surface area contributed by atoms with Crippen LogP contribution < -0.4 is 5.32 Å². The number of esters is 1. The summed E-state index contributed by atoms with van der Waals surface area (Å²) < 4.78 is 54.2. The fourth-order valence-corrected chi connectivity index (χ4v) is 4.09. The van der Waals surface area contributed by atoms with Crippen molar-refractivity contribution in [1.82, 2.24) is 5.32 Å². The van der Waals surface area contributed by atoms with Gasteiger partial charge in [-0.1, -0.05) is 45.4 Å². The van der Waals surface area contributed by atoms with Crippen LogP contribution in [0.1, 0.15) is 77.6 Å². The first-order valence-electron chi connectivity index (χ1n) is 18.4. The van der Waals surface area contributed by atoms with Gasteiger partial charge >= 0.3 is 11.9 Å². The van der Waals surface area contributed by atoms with Gasteiger partial charge in [-0.2, -0.15) is 0 Å². The molecule has 15 nitrogen and oxygen atoms in total. The van der Waals surface area contributed by atoms with E-state index in [1.807, 2.05) is 0 Å². The first kappa shape index (κ1) is 48.0. The van der Waals surface area contributed by atoms with Crippen LogP contribution in [0.2, 0.25) is 0 Å². The van der Waals surface area contributed by atoms with Crippen molar-refractivity contribution in [1.29, 1.82) is 0 Å². The Bertz CT molecular complexity index is 746. The minimum Gasteiger partial charge on any atom is -0.481 e. The summed E-state index contributed by atoms with van der Waals surface area (Å²) in [5, 5.41) is 11.2. The van der Waals surface area contributed by atoms with Gasteiger partial charge in [-0.05, 0) is 12.8 Å². The first-order valence-corrected chi connectivity index (χ1v) is 18.4. The summed E-state index contributed by atoms with van der Waals surface area (Å²) >= 11 is 0. The Kier molecular flexibility index (Phi) is 39.9. The van der Waals surface area contributed by atoms with Crippen LogP contribution >= 0.6 is 0 Å². The average Bonchev–Trinajstić information content (AvgIpc) is 3.10. The zero-order chi connectivity index (χ0) is 36.4. The zero-order valence-corrected chi connectivity index (χ0v) is 30.7. The topological polar surface area (TPSA) is 176 Å². The lowest BCUT2D eigenvalue weighted by atomic mass is 10.1. The van der Waals surface area contributed by atoms with E-state index < -0.39 is 5.97 Å². The number of rotatable bonds is 42. The summed E-state index contributed by atoms with van der Waals surface area (Å²) in [4.78, 5) is 33.5. The maximum absolute atomic E-state index is 11.7. The van der Waals surface area contributed by atoms with Crippen LogP contribution in [0.4, 0.5) is 0 Å². The third-order valence-corrected chi connectivity index (χ3v) is 6.80. The molecule has 0 aliphatic rings. The fourth-order valence-electron chi connectivity index (χ4n) is 4.09. The van der Waals surface area contributed by atoms with Gasteiger partial charge in [0.25, 0.3) is 0 Å². The van der Waals surface area contributed by atoms with Gasteiger partial charge in [-0.25, -0.2) is 0 Å². The maximum atomic E-state index is 11.7. The van der Waals surface area contributed by atoms with Crippen LogP contribution in [-0.2, 0) is 61.8 Å². The SMILES string of the molecule is CCCCCCCCCC(=O)OCCOCCOCCOCCOCCOCCOCCOCCOCCOCCCNC(=O)CCC(=O)O. The minimum absolute atomic E-state index is 0.0117. The largest absolute Gasteiger partial charge is 0.481 e. The molecule has 0 unspecified atom stereocenters. The molecular weight excluding hydrogens is 658 g/mol. The summed E-state index contributed by atoms with van der Waals surface area (Å²) in [6, 6.07) is 0. The van der Waals surface area contributed by atoms with E-state index >= 15 is 0 Å². The van der Waals surface area contributed by atoms with Crippen molar-refractivity contribution in [3.63, 3.8) is 0 Å². The van der Waals surface area contributed by atoms with Crippen LogP contribution in [0.15, 0.2) is 0 Å². The molecule has 50 heavy (non-hydrogen) atoms. The van der Waals surface area contributed by atoms with E-state index in [-0.39, 0.29) is 31.3 Å². The maximum Gasteiger partial charge on any atom is 0.305 e. The molecule has 0 rings (SSSR count). The monoisotopic (exact) mass is 725 g/mol. The molecule has 2 N–H and O–H groups in total. The number of unbranched alkanes of at least 4 members (excludes halogenated alkanes) is 6. The van der Waals surface area contributed by atoms with Crippen molar-refractivity contribution in [2.45, 2.75) is 77.6 Å². The Hall–Kier alpha value is -1.95. The molecule has 0 heterocycles. The minimum atomic E-state index is -0.984.